The lowest BCUT2D eigenvalue weighted by atomic mass is 10.00. The summed E-state index contributed by atoms with van der Waals surface area (Å²) in [6.07, 6.45) is 3.45. The molecule has 1 fully saturated rings. The number of nitrogens with zero attached hydrogens (tertiary/aromatic N) is 2. The molecule has 154 valence electrons. The Labute approximate surface area is 178 Å². The molecule has 4 rings (SSSR count). The SMILES string of the molecule is Cl.O=C1CCc2cc(C(=O)N3CCN(CCCc4ccccc4)CC3)ccc2N1. The third kappa shape index (κ3) is 5.37. The van der Waals surface area contributed by atoms with Gasteiger partial charge in [0.2, 0.25) is 5.91 Å². The maximum Gasteiger partial charge on any atom is 0.253 e. The minimum Gasteiger partial charge on any atom is -0.336 e. The van der Waals surface area contributed by atoms with E-state index in [-0.39, 0.29) is 24.2 Å². The van der Waals surface area contributed by atoms with Crippen LogP contribution in [-0.2, 0) is 17.6 Å². The lowest BCUT2D eigenvalue weighted by Gasteiger charge is -2.35. The van der Waals surface area contributed by atoms with Gasteiger partial charge in [0.25, 0.3) is 5.91 Å². The van der Waals surface area contributed by atoms with Crippen molar-refractivity contribution < 1.29 is 9.59 Å². The predicted molar refractivity (Wildman–Crippen MR) is 118 cm³/mol. The standard InChI is InChI=1S/C23H27N3O2.ClH/c27-22-11-9-19-17-20(8-10-21(19)24-22)23(28)26-15-13-25(14-16-26)12-4-7-18-5-2-1-3-6-18;/h1-3,5-6,8,10,17H,4,7,9,11-16H2,(H,24,27);1H. The summed E-state index contributed by atoms with van der Waals surface area (Å²) in [5.74, 6) is 0.151. The molecule has 2 aromatic rings. The highest BCUT2D eigenvalue weighted by molar-refractivity contribution is 5.98. The number of rotatable bonds is 5. The van der Waals surface area contributed by atoms with Gasteiger partial charge in [-0.25, -0.2) is 0 Å². The molecule has 2 aromatic carbocycles. The topological polar surface area (TPSA) is 52.7 Å². The van der Waals surface area contributed by atoms with Gasteiger partial charge in [-0.15, -0.1) is 12.4 Å². The number of nitrogens with one attached hydrogen (secondary N) is 1. The van der Waals surface area contributed by atoms with Gasteiger partial charge in [0.1, 0.15) is 0 Å². The maximum atomic E-state index is 12.9. The van der Waals surface area contributed by atoms with E-state index < -0.39 is 0 Å². The number of carbonyl (C=O) groups is 2. The molecular formula is C23H28ClN3O2. The molecule has 6 heteroatoms. The molecule has 2 heterocycles. The highest BCUT2D eigenvalue weighted by Gasteiger charge is 2.23. The summed E-state index contributed by atoms with van der Waals surface area (Å²) in [7, 11) is 0. The smallest absolute Gasteiger partial charge is 0.253 e. The molecule has 0 atom stereocenters. The molecule has 29 heavy (non-hydrogen) atoms. The Morgan fingerprint density at radius 2 is 1.72 bits per heavy atom. The molecule has 2 aliphatic rings. The van der Waals surface area contributed by atoms with E-state index in [9.17, 15) is 9.59 Å². The fourth-order valence-corrected chi connectivity index (χ4v) is 4.03. The number of fused-ring (bicyclic) bond motifs is 1. The van der Waals surface area contributed by atoms with Crippen molar-refractivity contribution in [2.24, 2.45) is 0 Å². The van der Waals surface area contributed by atoms with Gasteiger partial charge in [-0.1, -0.05) is 30.3 Å². The first kappa shape index (κ1) is 21.3. The molecule has 2 amide bonds. The number of anilines is 1. The molecule has 0 bridgehead atoms. The largest absolute Gasteiger partial charge is 0.336 e. The van der Waals surface area contributed by atoms with Gasteiger partial charge in [0.15, 0.2) is 0 Å². The van der Waals surface area contributed by atoms with Crippen LogP contribution in [0.3, 0.4) is 0 Å². The number of hydrogen-bond donors (Lipinski definition) is 1. The van der Waals surface area contributed by atoms with Gasteiger partial charge in [-0.05, 0) is 55.1 Å². The molecule has 0 aliphatic carbocycles. The van der Waals surface area contributed by atoms with Crippen LogP contribution in [0.15, 0.2) is 48.5 Å². The number of carbonyl (C=O) groups excluding carboxylic acids is 2. The minimum atomic E-state index is 0. The van der Waals surface area contributed by atoms with E-state index in [4.69, 9.17) is 0 Å². The fourth-order valence-electron chi connectivity index (χ4n) is 4.03. The number of aryl methyl sites for hydroxylation is 2. The van der Waals surface area contributed by atoms with E-state index in [1.54, 1.807) is 0 Å². The van der Waals surface area contributed by atoms with Crippen molar-refractivity contribution in [2.45, 2.75) is 25.7 Å². The van der Waals surface area contributed by atoms with Crippen LogP contribution in [0.2, 0.25) is 0 Å². The quantitative estimate of drug-likeness (QED) is 0.817. The van der Waals surface area contributed by atoms with Crippen LogP contribution >= 0.6 is 12.4 Å². The number of piperazine rings is 1. The molecule has 0 unspecified atom stereocenters. The highest BCUT2D eigenvalue weighted by atomic mass is 35.5. The Balaban J connectivity index is 0.00000240. The third-order valence-electron chi connectivity index (χ3n) is 5.69. The molecule has 5 nitrogen and oxygen atoms in total. The monoisotopic (exact) mass is 413 g/mol. The fraction of sp³-hybridized carbons (Fsp3) is 0.391. The Hall–Kier alpha value is -2.37. The maximum absolute atomic E-state index is 12.9. The molecule has 1 saturated heterocycles. The van der Waals surface area contributed by atoms with Crippen LogP contribution in [0.1, 0.15) is 34.3 Å². The second kappa shape index (κ2) is 9.90. The van der Waals surface area contributed by atoms with Crippen LogP contribution < -0.4 is 5.32 Å². The van der Waals surface area contributed by atoms with Crippen LogP contribution in [0.4, 0.5) is 5.69 Å². The first-order chi connectivity index (χ1) is 13.7. The Morgan fingerprint density at radius 3 is 2.48 bits per heavy atom. The van der Waals surface area contributed by atoms with Gasteiger partial charge in [0.05, 0.1) is 0 Å². The zero-order chi connectivity index (χ0) is 19.3. The first-order valence-corrected chi connectivity index (χ1v) is 10.2. The van der Waals surface area contributed by atoms with Gasteiger partial charge in [-0.3, -0.25) is 14.5 Å². The summed E-state index contributed by atoms with van der Waals surface area (Å²) in [5, 5.41) is 2.87. The molecule has 2 aliphatic heterocycles. The van der Waals surface area contributed by atoms with Crippen LogP contribution in [0, 0.1) is 0 Å². The normalized spacial score (nSPS) is 16.6. The Kier molecular flexibility index (Phi) is 7.29. The summed E-state index contributed by atoms with van der Waals surface area (Å²) in [6.45, 7) is 4.49. The highest BCUT2D eigenvalue weighted by Crippen LogP contribution is 2.24. The predicted octanol–water partition coefficient (Wildman–Crippen LogP) is 3.38. The number of hydrogen-bond acceptors (Lipinski definition) is 3. The van der Waals surface area contributed by atoms with Crippen molar-refractivity contribution >= 4 is 29.9 Å². The lowest BCUT2D eigenvalue weighted by Crippen LogP contribution is -2.48. The summed E-state index contributed by atoms with van der Waals surface area (Å²) < 4.78 is 0. The van der Waals surface area contributed by atoms with Gasteiger partial charge >= 0.3 is 0 Å². The van der Waals surface area contributed by atoms with E-state index in [0.29, 0.717) is 12.8 Å². The van der Waals surface area contributed by atoms with Crippen molar-refractivity contribution in [3.05, 3.63) is 65.2 Å². The molecule has 0 radical (unpaired) electrons. The Bertz CT molecular complexity index is 848. The second-order valence-electron chi connectivity index (χ2n) is 7.64. The van der Waals surface area contributed by atoms with Crippen LogP contribution in [0.25, 0.3) is 0 Å². The number of halogens is 1. The molecule has 0 saturated carbocycles. The molecule has 0 aromatic heterocycles. The average molecular weight is 414 g/mol. The Morgan fingerprint density at radius 1 is 0.966 bits per heavy atom. The number of amides is 2. The lowest BCUT2D eigenvalue weighted by molar-refractivity contribution is -0.116. The summed E-state index contributed by atoms with van der Waals surface area (Å²) in [4.78, 5) is 28.8. The minimum absolute atomic E-state index is 0. The van der Waals surface area contributed by atoms with Crippen molar-refractivity contribution in [1.29, 1.82) is 0 Å². The van der Waals surface area contributed by atoms with Gasteiger partial charge < -0.3 is 10.2 Å². The first-order valence-electron chi connectivity index (χ1n) is 10.2. The van der Waals surface area contributed by atoms with Crippen molar-refractivity contribution in [2.75, 3.05) is 38.0 Å². The molecular weight excluding hydrogens is 386 g/mol. The third-order valence-corrected chi connectivity index (χ3v) is 5.69. The molecule has 1 N–H and O–H groups in total. The van der Waals surface area contributed by atoms with E-state index >= 15 is 0 Å². The molecule has 0 spiro atoms. The number of benzene rings is 2. The average Bonchev–Trinajstić information content (AvgIpc) is 2.74. The van der Waals surface area contributed by atoms with Crippen molar-refractivity contribution in [3.63, 3.8) is 0 Å². The van der Waals surface area contributed by atoms with Gasteiger partial charge in [-0.2, -0.15) is 0 Å². The van der Waals surface area contributed by atoms with E-state index in [0.717, 1.165) is 62.4 Å². The summed E-state index contributed by atoms with van der Waals surface area (Å²) in [6, 6.07) is 16.2. The summed E-state index contributed by atoms with van der Waals surface area (Å²) >= 11 is 0. The van der Waals surface area contributed by atoms with E-state index in [1.165, 1.54) is 5.56 Å². The summed E-state index contributed by atoms with van der Waals surface area (Å²) in [5.41, 5.74) is 4.02. The van der Waals surface area contributed by atoms with Crippen LogP contribution in [-0.4, -0.2) is 54.3 Å². The zero-order valence-corrected chi connectivity index (χ0v) is 17.4. The second-order valence-corrected chi connectivity index (χ2v) is 7.64. The van der Waals surface area contributed by atoms with Gasteiger partial charge in [0, 0.05) is 43.9 Å². The van der Waals surface area contributed by atoms with E-state index in [2.05, 4.69) is 40.5 Å². The van der Waals surface area contributed by atoms with E-state index in [1.807, 2.05) is 23.1 Å². The van der Waals surface area contributed by atoms with Crippen LogP contribution in [0.5, 0.6) is 0 Å². The van der Waals surface area contributed by atoms with Crippen molar-refractivity contribution in [3.8, 4) is 0 Å². The zero-order valence-electron chi connectivity index (χ0n) is 16.6. The van der Waals surface area contributed by atoms with Crippen molar-refractivity contribution in [1.82, 2.24) is 9.80 Å².